The maximum atomic E-state index is 4.07. The highest BCUT2D eigenvalue weighted by molar-refractivity contribution is 5.49. The van der Waals surface area contributed by atoms with Gasteiger partial charge in [-0.2, -0.15) is 0 Å². The molecule has 0 saturated heterocycles. The molecule has 1 rings (SSSR count). The molecule has 0 radical (unpaired) electrons. The van der Waals surface area contributed by atoms with Crippen molar-refractivity contribution in [3.05, 3.63) is 24.5 Å². The van der Waals surface area contributed by atoms with E-state index < -0.39 is 0 Å². The lowest BCUT2D eigenvalue weighted by Gasteiger charge is -2.47. The Morgan fingerprint density at radius 1 is 0.867 bits per heavy atom. The maximum Gasteiger partial charge on any atom is 0.0405 e. The summed E-state index contributed by atoms with van der Waals surface area (Å²) in [6.07, 6.45) is 3.69. The first-order valence-electron chi connectivity index (χ1n) is 5.43. The monoisotopic (exact) mass is 206 g/mol. The minimum Gasteiger partial charge on any atom is -0.362 e. The molecular weight excluding hydrogens is 184 g/mol. The van der Waals surface area contributed by atoms with Crippen LogP contribution < -0.4 is 4.90 Å². The second-order valence-corrected chi connectivity index (χ2v) is 5.88. The molecule has 0 aliphatic rings. The van der Waals surface area contributed by atoms with Crippen molar-refractivity contribution in [3.8, 4) is 0 Å². The third-order valence-corrected chi connectivity index (χ3v) is 2.26. The number of hydrogen-bond donors (Lipinski definition) is 0. The van der Waals surface area contributed by atoms with Crippen molar-refractivity contribution in [1.29, 1.82) is 0 Å². The first kappa shape index (κ1) is 12.0. The summed E-state index contributed by atoms with van der Waals surface area (Å²) in [5.74, 6) is 0. The third kappa shape index (κ3) is 2.95. The second-order valence-electron chi connectivity index (χ2n) is 5.88. The molecule has 2 nitrogen and oxygen atoms in total. The van der Waals surface area contributed by atoms with Gasteiger partial charge < -0.3 is 4.90 Å². The molecule has 0 spiro atoms. The number of hydrogen-bond acceptors (Lipinski definition) is 2. The lowest BCUT2D eigenvalue weighted by Crippen LogP contribution is -2.53. The molecule has 0 fully saturated rings. The molecule has 0 saturated carbocycles. The second kappa shape index (κ2) is 3.84. The molecule has 1 aromatic heterocycles. The predicted molar refractivity (Wildman–Crippen MR) is 66.2 cm³/mol. The maximum absolute atomic E-state index is 4.07. The molecule has 0 N–H and O–H groups in total. The Labute approximate surface area is 93.3 Å². The number of pyridine rings is 1. The van der Waals surface area contributed by atoms with E-state index in [1.807, 2.05) is 12.4 Å². The fourth-order valence-corrected chi connectivity index (χ4v) is 2.27. The highest BCUT2D eigenvalue weighted by atomic mass is 15.2. The zero-order valence-electron chi connectivity index (χ0n) is 10.7. The van der Waals surface area contributed by atoms with E-state index in [4.69, 9.17) is 0 Å². The van der Waals surface area contributed by atoms with Crippen LogP contribution in [0.15, 0.2) is 24.5 Å². The molecule has 0 atom stereocenters. The van der Waals surface area contributed by atoms with Gasteiger partial charge in [0.15, 0.2) is 0 Å². The third-order valence-electron chi connectivity index (χ3n) is 2.26. The van der Waals surface area contributed by atoms with E-state index in [0.29, 0.717) is 0 Å². The van der Waals surface area contributed by atoms with Gasteiger partial charge in [-0.25, -0.2) is 0 Å². The first-order chi connectivity index (χ1) is 6.73. The Bertz CT molecular complexity index is 290. The number of rotatable bonds is 1. The predicted octanol–water partition coefficient (Wildman–Crippen LogP) is 3.49. The Morgan fingerprint density at radius 2 is 1.27 bits per heavy atom. The van der Waals surface area contributed by atoms with Gasteiger partial charge in [0.2, 0.25) is 0 Å². The van der Waals surface area contributed by atoms with Crippen LogP contribution in [0.1, 0.15) is 41.5 Å². The van der Waals surface area contributed by atoms with Gasteiger partial charge in [0.1, 0.15) is 0 Å². The van der Waals surface area contributed by atoms with Crippen LogP contribution in [0, 0.1) is 0 Å². The summed E-state index contributed by atoms with van der Waals surface area (Å²) >= 11 is 0. The summed E-state index contributed by atoms with van der Waals surface area (Å²) in [4.78, 5) is 6.48. The van der Waals surface area contributed by atoms with E-state index in [0.717, 1.165) is 0 Å². The lowest BCUT2D eigenvalue weighted by molar-refractivity contribution is 0.380. The van der Waals surface area contributed by atoms with Crippen molar-refractivity contribution in [2.24, 2.45) is 0 Å². The van der Waals surface area contributed by atoms with Gasteiger partial charge in [-0.05, 0) is 53.7 Å². The van der Waals surface area contributed by atoms with Crippen LogP contribution in [0.4, 0.5) is 5.69 Å². The van der Waals surface area contributed by atoms with Crippen LogP contribution >= 0.6 is 0 Å². The summed E-state index contributed by atoms with van der Waals surface area (Å²) in [6, 6.07) is 4.13. The summed E-state index contributed by atoms with van der Waals surface area (Å²) in [5.41, 5.74) is 1.45. The van der Waals surface area contributed by atoms with Crippen LogP contribution in [0.2, 0.25) is 0 Å². The summed E-state index contributed by atoms with van der Waals surface area (Å²) < 4.78 is 0. The Morgan fingerprint density at radius 3 is 1.60 bits per heavy atom. The summed E-state index contributed by atoms with van der Waals surface area (Å²) in [5, 5.41) is 0. The first-order valence-corrected chi connectivity index (χ1v) is 5.43. The Hall–Kier alpha value is -1.05. The van der Waals surface area contributed by atoms with Gasteiger partial charge in [0.05, 0.1) is 0 Å². The van der Waals surface area contributed by atoms with E-state index in [1.54, 1.807) is 0 Å². The average Bonchev–Trinajstić information content (AvgIpc) is 2.00. The van der Waals surface area contributed by atoms with Gasteiger partial charge in [0.25, 0.3) is 0 Å². The van der Waals surface area contributed by atoms with E-state index in [9.17, 15) is 0 Å². The Balaban J connectivity index is 3.15. The average molecular weight is 206 g/mol. The van der Waals surface area contributed by atoms with Crippen LogP contribution in [0.5, 0.6) is 0 Å². The van der Waals surface area contributed by atoms with Gasteiger partial charge in [-0.15, -0.1) is 0 Å². The van der Waals surface area contributed by atoms with E-state index in [2.05, 4.69) is 63.6 Å². The molecule has 1 heterocycles. The zero-order valence-corrected chi connectivity index (χ0v) is 10.7. The number of nitrogens with zero attached hydrogens (tertiary/aromatic N) is 2. The van der Waals surface area contributed by atoms with Crippen LogP contribution in [0.25, 0.3) is 0 Å². The highest BCUT2D eigenvalue weighted by Crippen LogP contribution is 2.31. The molecule has 0 unspecified atom stereocenters. The van der Waals surface area contributed by atoms with Gasteiger partial charge >= 0.3 is 0 Å². The van der Waals surface area contributed by atoms with E-state index >= 15 is 0 Å². The van der Waals surface area contributed by atoms with Crippen molar-refractivity contribution < 1.29 is 0 Å². The summed E-state index contributed by atoms with van der Waals surface area (Å²) in [7, 11) is 0. The molecule has 84 valence electrons. The van der Waals surface area contributed by atoms with Gasteiger partial charge in [-0.1, -0.05) is 0 Å². The van der Waals surface area contributed by atoms with Crippen molar-refractivity contribution >= 4 is 5.69 Å². The van der Waals surface area contributed by atoms with Crippen LogP contribution in [-0.4, -0.2) is 16.1 Å². The van der Waals surface area contributed by atoms with Crippen LogP contribution in [0.3, 0.4) is 0 Å². The largest absolute Gasteiger partial charge is 0.362 e. The quantitative estimate of drug-likeness (QED) is 0.699. The number of aromatic nitrogens is 1. The van der Waals surface area contributed by atoms with Crippen LogP contribution in [-0.2, 0) is 0 Å². The van der Waals surface area contributed by atoms with Crippen molar-refractivity contribution in [2.75, 3.05) is 4.90 Å². The minimum atomic E-state index is 0.111. The topological polar surface area (TPSA) is 16.1 Å². The highest BCUT2D eigenvalue weighted by Gasteiger charge is 2.31. The lowest BCUT2D eigenvalue weighted by atomic mass is 9.95. The molecule has 0 amide bonds. The smallest absolute Gasteiger partial charge is 0.0405 e. The molecule has 2 heteroatoms. The Kier molecular flexibility index (Phi) is 3.08. The van der Waals surface area contributed by atoms with Crippen molar-refractivity contribution in [2.45, 2.75) is 52.6 Å². The van der Waals surface area contributed by atoms with E-state index in [1.165, 1.54) is 5.69 Å². The molecule has 0 bridgehead atoms. The zero-order chi connectivity index (χ0) is 11.7. The van der Waals surface area contributed by atoms with E-state index in [-0.39, 0.29) is 11.1 Å². The molecule has 1 aromatic rings. The molecule has 0 aromatic carbocycles. The SMILES string of the molecule is CC(C)(C)N(c1ccncc1)C(C)(C)C. The normalized spacial score (nSPS) is 12.7. The van der Waals surface area contributed by atoms with Crippen molar-refractivity contribution in [1.82, 2.24) is 4.98 Å². The fourth-order valence-electron chi connectivity index (χ4n) is 2.27. The molecule has 0 aliphatic carbocycles. The molecular formula is C13H22N2. The summed E-state index contributed by atoms with van der Waals surface area (Å²) in [6.45, 7) is 13.4. The molecule has 0 aliphatic heterocycles. The van der Waals surface area contributed by atoms with Gasteiger partial charge in [0, 0.05) is 29.2 Å². The standard InChI is InChI=1S/C13H22N2/c1-12(2,3)15(13(4,5)6)11-7-9-14-10-8-11/h7-10H,1-6H3. The van der Waals surface area contributed by atoms with Gasteiger partial charge in [-0.3, -0.25) is 4.98 Å². The fraction of sp³-hybridized carbons (Fsp3) is 0.615. The minimum absolute atomic E-state index is 0.111. The molecule has 15 heavy (non-hydrogen) atoms. The number of anilines is 1. The van der Waals surface area contributed by atoms with Crippen molar-refractivity contribution in [3.63, 3.8) is 0 Å².